The number of hydrogen-bond acceptors (Lipinski definition) is 7. The van der Waals surface area contributed by atoms with E-state index in [1.165, 1.54) is 23.5 Å². The summed E-state index contributed by atoms with van der Waals surface area (Å²) in [5.74, 6) is -2.52. The molecule has 1 fully saturated rings. The second-order valence-electron chi connectivity index (χ2n) is 6.91. The molecule has 0 atom stereocenters. The largest absolute Gasteiger partial charge is 0.488 e. The van der Waals surface area contributed by atoms with Crippen LogP contribution in [-0.2, 0) is 21.6 Å². The van der Waals surface area contributed by atoms with Crippen LogP contribution in [0, 0.1) is 6.92 Å². The number of carbonyl (C=O) groups excluding carboxylic acids is 2. The van der Waals surface area contributed by atoms with E-state index in [0.29, 0.717) is 0 Å². The molecule has 0 bridgehead atoms. The van der Waals surface area contributed by atoms with Crippen molar-refractivity contribution in [3.63, 3.8) is 0 Å². The van der Waals surface area contributed by atoms with Crippen LogP contribution in [0.5, 0.6) is 5.75 Å². The summed E-state index contributed by atoms with van der Waals surface area (Å²) in [6, 6.07) is 2.88. The van der Waals surface area contributed by atoms with Crippen LogP contribution in [0.15, 0.2) is 22.1 Å². The van der Waals surface area contributed by atoms with Crippen LogP contribution in [-0.4, -0.2) is 30.0 Å². The number of rotatable bonds is 7. The van der Waals surface area contributed by atoms with Gasteiger partial charge in [0.2, 0.25) is 5.91 Å². The predicted molar refractivity (Wildman–Crippen MR) is 103 cm³/mol. The number of halogens is 2. The Balaban J connectivity index is 1.96. The number of ether oxygens (including phenoxy) is 2. The molecule has 0 aliphatic carbocycles. The van der Waals surface area contributed by atoms with Crippen LogP contribution in [0.1, 0.15) is 38.7 Å². The molecule has 8 nitrogen and oxygen atoms in total. The molecule has 1 aliphatic heterocycles. The lowest BCUT2D eigenvalue weighted by atomic mass is 9.75. The molecule has 158 valence electrons. The number of aryl methyl sites for hydroxylation is 1. The molecular formula is C19H17F2N3O5S. The summed E-state index contributed by atoms with van der Waals surface area (Å²) in [7, 11) is 0. The number of amides is 2. The number of furan rings is 1. The molecule has 30 heavy (non-hydrogen) atoms. The first-order valence-corrected chi connectivity index (χ1v) is 9.71. The van der Waals surface area contributed by atoms with Gasteiger partial charge in [-0.05, 0) is 19.1 Å². The minimum absolute atomic E-state index is 0.0153. The van der Waals surface area contributed by atoms with E-state index < -0.39 is 35.0 Å². The highest BCUT2D eigenvalue weighted by Gasteiger charge is 2.50. The molecule has 0 spiro atoms. The molecule has 1 saturated heterocycles. The van der Waals surface area contributed by atoms with Crippen LogP contribution in [0.3, 0.4) is 0 Å². The molecule has 11 heteroatoms. The van der Waals surface area contributed by atoms with Crippen molar-refractivity contribution >= 4 is 34.1 Å². The highest BCUT2D eigenvalue weighted by Crippen LogP contribution is 2.46. The van der Waals surface area contributed by atoms with Crippen molar-refractivity contribution in [1.29, 1.82) is 0 Å². The third-order valence-electron chi connectivity index (χ3n) is 5.14. The van der Waals surface area contributed by atoms with E-state index in [1.54, 1.807) is 5.51 Å². The lowest BCUT2D eigenvalue weighted by molar-refractivity contribution is -0.141. The SMILES string of the molecule is Cc1ncsc1COc1ccc2oc(C(F)F)c(C(N)=O)c2c1C1(C(N)=O)COC1. The van der Waals surface area contributed by atoms with Gasteiger partial charge in [0.1, 0.15) is 23.4 Å². The van der Waals surface area contributed by atoms with E-state index >= 15 is 0 Å². The van der Waals surface area contributed by atoms with E-state index in [-0.39, 0.29) is 42.1 Å². The molecule has 3 heterocycles. The van der Waals surface area contributed by atoms with Crippen molar-refractivity contribution in [2.24, 2.45) is 11.5 Å². The third kappa shape index (κ3) is 3.01. The van der Waals surface area contributed by atoms with Crippen LogP contribution in [0.4, 0.5) is 8.78 Å². The van der Waals surface area contributed by atoms with E-state index in [0.717, 1.165) is 10.6 Å². The predicted octanol–water partition coefficient (Wildman–Crippen LogP) is 2.57. The van der Waals surface area contributed by atoms with E-state index in [1.807, 2.05) is 6.92 Å². The van der Waals surface area contributed by atoms with Crippen molar-refractivity contribution in [2.75, 3.05) is 13.2 Å². The molecule has 0 unspecified atom stereocenters. The normalized spacial score (nSPS) is 15.3. The topological polar surface area (TPSA) is 131 Å². The zero-order valence-electron chi connectivity index (χ0n) is 15.7. The number of nitrogens with zero attached hydrogens (tertiary/aromatic N) is 1. The van der Waals surface area contributed by atoms with Gasteiger partial charge in [0.15, 0.2) is 5.76 Å². The first-order valence-electron chi connectivity index (χ1n) is 8.83. The van der Waals surface area contributed by atoms with Gasteiger partial charge in [-0.1, -0.05) is 0 Å². The standard InChI is InChI=1S/C19H17F2N3O5S/c1-8-11(30-7-24-8)4-28-10-3-2-9-12(13(17(22)25)15(29-9)16(20)21)14(10)19(18(23)26)5-27-6-19/h2-3,7,16H,4-6H2,1H3,(H2,22,25)(H2,23,26). The Morgan fingerprint density at radius 3 is 2.57 bits per heavy atom. The van der Waals surface area contributed by atoms with Gasteiger partial charge >= 0.3 is 0 Å². The Kier molecular flexibility index (Phi) is 4.94. The maximum Gasteiger partial charge on any atom is 0.296 e. The third-order valence-corrected chi connectivity index (χ3v) is 6.05. The molecule has 2 amide bonds. The Hall–Kier alpha value is -3.05. The fourth-order valence-corrected chi connectivity index (χ4v) is 4.20. The summed E-state index contributed by atoms with van der Waals surface area (Å²) < 4.78 is 43.4. The molecular weight excluding hydrogens is 420 g/mol. The summed E-state index contributed by atoms with van der Waals surface area (Å²) in [5, 5.41) is -0.0153. The van der Waals surface area contributed by atoms with Gasteiger partial charge in [-0.2, -0.15) is 0 Å². The van der Waals surface area contributed by atoms with Gasteiger partial charge in [0.25, 0.3) is 12.3 Å². The number of benzene rings is 1. The average Bonchev–Trinajstić information content (AvgIpc) is 3.23. The van der Waals surface area contributed by atoms with Gasteiger partial charge < -0.3 is 25.4 Å². The molecule has 1 aromatic carbocycles. The highest BCUT2D eigenvalue weighted by molar-refractivity contribution is 7.09. The van der Waals surface area contributed by atoms with Crippen molar-refractivity contribution in [3.05, 3.63) is 45.1 Å². The number of thiazole rings is 1. The quantitative estimate of drug-likeness (QED) is 0.584. The Morgan fingerprint density at radius 1 is 1.33 bits per heavy atom. The summed E-state index contributed by atoms with van der Waals surface area (Å²) in [4.78, 5) is 29.5. The second-order valence-corrected chi connectivity index (χ2v) is 7.85. The number of nitrogens with two attached hydrogens (primary N) is 2. The Bertz CT molecular complexity index is 1150. The number of hydrogen-bond donors (Lipinski definition) is 2. The maximum atomic E-state index is 13.5. The molecule has 2 aromatic heterocycles. The highest BCUT2D eigenvalue weighted by atomic mass is 32.1. The first-order chi connectivity index (χ1) is 14.3. The number of aromatic nitrogens is 1. The molecule has 1 aliphatic rings. The van der Waals surface area contributed by atoms with Gasteiger partial charge in [0.05, 0.1) is 34.9 Å². The number of alkyl halides is 2. The van der Waals surface area contributed by atoms with Crippen LogP contribution >= 0.6 is 11.3 Å². The lowest BCUT2D eigenvalue weighted by Gasteiger charge is -2.40. The molecule has 4 N–H and O–H groups in total. The minimum Gasteiger partial charge on any atom is -0.488 e. The average molecular weight is 437 g/mol. The fraction of sp³-hybridized carbons (Fsp3) is 0.316. The van der Waals surface area contributed by atoms with Crippen LogP contribution < -0.4 is 16.2 Å². The monoisotopic (exact) mass is 437 g/mol. The molecule has 4 rings (SSSR count). The van der Waals surface area contributed by atoms with Crippen molar-refractivity contribution in [3.8, 4) is 5.75 Å². The fourth-order valence-electron chi connectivity index (χ4n) is 3.51. The van der Waals surface area contributed by atoms with Gasteiger partial charge in [-0.3, -0.25) is 9.59 Å². The summed E-state index contributed by atoms with van der Waals surface area (Å²) >= 11 is 1.38. The van der Waals surface area contributed by atoms with Crippen molar-refractivity contribution in [1.82, 2.24) is 4.98 Å². The minimum atomic E-state index is -3.08. The number of primary amides is 2. The second kappa shape index (κ2) is 7.33. The van der Waals surface area contributed by atoms with Crippen LogP contribution in [0.2, 0.25) is 0 Å². The smallest absolute Gasteiger partial charge is 0.296 e. The number of carbonyl (C=O) groups is 2. The molecule has 0 saturated carbocycles. The summed E-state index contributed by atoms with van der Waals surface area (Å²) in [6.07, 6.45) is -3.08. The van der Waals surface area contributed by atoms with Crippen LogP contribution in [0.25, 0.3) is 11.0 Å². The Labute approximate surface area is 172 Å². The molecule has 0 radical (unpaired) electrons. The summed E-state index contributed by atoms with van der Waals surface area (Å²) in [6.45, 7) is 1.76. The first kappa shape index (κ1) is 20.2. The van der Waals surface area contributed by atoms with Gasteiger partial charge in [-0.15, -0.1) is 11.3 Å². The van der Waals surface area contributed by atoms with E-state index in [9.17, 15) is 18.4 Å². The molecule has 3 aromatic rings. The van der Waals surface area contributed by atoms with E-state index in [4.69, 9.17) is 25.4 Å². The maximum absolute atomic E-state index is 13.5. The van der Waals surface area contributed by atoms with Crippen molar-refractivity contribution < 1.29 is 32.3 Å². The summed E-state index contributed by atoms with van der Waals surface area (Å²) in [5.41, 5.74) is 11.8. The van der Waals surface area contributed by atoms with E-state index in [2.05, 4.69) is 4.98 Å². The lowest BCUT2D eigenvalue weighted by Crippen LogP contribution is -2.56. The zero-order valence-corrected chi connectivity index (χ0v) is 16.6. The zero-order chi connectivity index (χ0) is 21.6. The van der Waals surface area contributed by atoms with Gasteiger partial charge in [-0.25, -0.2) is 13.8 Å². The number of fused-ring (bicyclic) bond motifs is 1. The van der Waals surface area contributed by atoms with Crippen molar-refractivity contribution in [2.45, 2.75) is 25.4 Å². The Morgan fingerprint density at radius 2 is 2.07 bits per heavy atom. The van der Waals surface area contributed by atoms with Gasteiger partial charge in [0, 0.05) is 10.9 Å².